The SMILES string of the molecule is CC(CN)C(=O)NC(C)c1ccc(OCC2CC2)c(F)c1. The standard InChI is InChI=1S/C16H23FN2O2/c1-10(8-18)16(20)19-11(2)13-5-6-15(14(17)7-13)21-9-12-3-4-12/h5-7,10-12H,3-4,8-9,18H2,1-2H3,(H,19,20). The van der Waals surface area contributed by atoms with E-state index in [2.05, 4.69) is 5.32 Å². The first-order valence-electron chi connectivity index (χ1n) is 7.44. The van der Waals surface area contributed by atoms with Gasteiger partial charge in [0.2, 0.25) is 5.91 Å². The Labute approximate surface area is 124 Å². The third-order valence-corrected chi connectivity index (χ3v) is 3.79. The number of carbonyl (C=O) groups excluding carboxylic acids is 1. The van der Waals surface area contributed by atoms with Crippen molar-refractivity contribution in [2.45, 2.75) is 32.7 Å². The lowest BCUT2D eigenvalue weighted by atomic mass is 10.1. The van der Waals surface area contributed by atoms with E-state index in [4.69, 9.17) is 10.5 Å². The van der Waals surface area contributed by atoms with Crippen molar-refractivity contribution in [3.63, 3.8) is 0 Å². The van der Waals surface area contributed by atoms with E-state index in [9.17, 15) is 9.18 Å². The van der Waals surface area contributed by atoms with Crippen molar-refractivity contribution in [1.82, 2.24) is 5.32 Å². The number of nitrogens with two attached hydrogens (primary N) is 1. The normalized spacial score (nSPS) is 17.1. The van der Waals surface area contributed by atoms with Gasteiger partial charge in [-0.15, -0.1) is 0 Å². The number of nitrogens with one attached hydrogen (secondary N) is 1. The monoisotopic (exact) mass is 294 g/mol. The molecule has 21 heavy (non-hydrogen) atoms. The van der Waals surface area contributed by atoms with Gasteiger partial charge >= 0.3 is 0 Å². The first-order valence-corrected chi connectivity index (χ1v) is 7.44. The summed E-state index contributed by atoms with van der Waals surface area (Å²) < 4.78 is 19.4. The summed E-state index contributed by atoms with van der Waals surface area (Å²) in [5.41, 5.74) is 6.17. The van der Waals surface area contributed by atoms with Gasteiger partial charge in [0.15, 0.2) is 11.6 Å². The second kappa shape index (κ2) is 6.89. The molecule has 1 aliphatic rings. The van der Waals surface area contributed by atoms with Crippen LogP contribution in [0.4, 0.5) is 4.39 Å². The van der Waals surface area contributed by atoms with Gasteiger partial charge < -0.3 is 15.8 Å². The molecule has 2 rings (SSSR count). The first-order chi connectivity index (χ1) is 10.0. The van der Waals surface area contributed by atoms with Crippen molar-refractivity contribution in [3.05, 3.63) is 29.6 Å². The lowest BCUT2D eigenvalue weighted by molar-refractivity contribution is -0.124. The minimum Gasteiger partial charge on any atom is -0.490 e. The highest BCUT2D eigenvalue weighted by Gasteiger charge is 2.22. The van der Waals surface area contributed by atoms with Gasteiger partial charge in [-0.3, -0.25) is 4.79 Å². The van der Waals surface area contributed by atoms with E-state index >= 15 is 0 Å². The third-order valence-electron chi connectivity index (χ3n) is 3.79. The number of amides is 1. The summed E-state index contributed by atoms with van der Waals surface area (Å²) in [5.74, 6) is 0.0959. The van der Waals surface area contributed by atoms with E-state index in [-0.39, 0.29) is 29.4 Å². The average molecular weight is 294 g/mol. The van der Waals surface area contributed by atoms with Crippen LogP contribution in [0, 0.1) is 17.7 Å². The molecule has 2 unspecified atom stereocenters. The number of carbonyl (C=O) groups is 1. The summed E-state index contributed by atoms with van der Waals surface area (Å²) >= 11 is 0. The van der Waals surface area contributed by atoms with Crippen molar-refractivity contribution in [1.29, 1.82) is 0 Å². The molecule has 1 aliphatic carbocycles. The van der Waals surface area contributed by atoms with Crippen LogP contribution in [0.5, 0.6) is 5.75 Å². The lowest BCUT2D eigenvalue weighted by Gasteiger charge is -2.18. The molecule has 0 aliphatic heterocycles. The molecule has 0 radical (unpaired) electrons. The Morgan fingerprint density at radius 1 is 1.48 bits per heavy atom. The molecule has 116 valence electrons. The molecule has 0 saturated heterocycles. The van der Waals surface area contributed by atoms with Crippen molar-refractivity contribution >= 4 is 5.91 Å². The quantitative estimate of drug-likeness (QED) is 0.811. The van der Waals surface area contributed by atoms with E-state index in [0.717, 1.165) is 0 Å². The van der Waals surface area contributed by atoms with Gasteiger partial charge in [-0.1, -0.05) is 13.0 Å². The predicted octanol–water partition coefficient (Wildman–Crippen LogP) is 2.39. The second-order valence-electron chi connectivity index (χ2n) is 5.81. The molecule has 1 aromatic carbocycles. The van der Waals surface area contributed by atoms with Crippen LogP contribution in [0.25, 0.3) is 0 Å². The third kappa shape index (κ3) is 4.43. The van der Waals surface area contributed by atoms with Gasteiger partial charge in [-0.25, -0.2) is 4.39 Å². The minimum atomic E-state index is -0.388. The van der Waals surface area contributed by atoms with Gasteiger partial charge in [-0.2, -0.15) is 0 Å². The Kier molecular flexibility index (Phi) is 5.17. The van der Waals surface area contributed by atoms with Gasteiger partial charge in [-0.05, 0) is 43.4 Å². The molecule has 0 bridgehead atoms. The minimum absolute atomic E-state index is 0.125. The molecular formula is C16H23FN2O2. The second-order valence-corrected chi connectivity index (χ2v) is 5.81. The van der Waals surface area contributed by atoms with Crippen molar-refractivity contribution in [2.24, 2.45) is 17.6 Å². The summed E-state index contributed by atoms with van der Waals surface area (Å²) in [6.45, 7) is 4.45. The molecule has 0 spiro atoms. The number of ether oxygens (including phenoxy) is 1. The van der Waals surface area contributed by atoms with E-state index in [0.29, 0.717) is 24.6 Å². The fourth-order valence-corrected chi connectivity index (χ4v) is 1.94. The number of benzene rings is 1. The summed E-state index contributed by atoms with van der Waals surface area (Å²) in [6, 6.07) is 4.56. The van der Waals surface area contributed by atoms with Crippen LogP contribution in [0.1, 0.15) is 38.3 Å². The lowest BCUT2D eigenvalue weighted by Crippen LogP contribution is -2.34. The van der Waals surface area contributed by atoms with Crippen LogP contribution < -0.4 is 15.8 Å². The summed E-state index contributed by atoms with van der Waals surface area (Å²) in [7, 11) is 0. The average Bonchev–Trinajstić information content (AvgIpc) is 3.29. The van der Waals surface area contributed by atoms with Gasteiger partial charge in [0.1, 0.15) is 0 Å². The van der Waals surface area contributed by atoms with Crippen LogP contribution in [0.2, 0.25) is 0 Å². The van der Waals surface area contributed by atoms with Gasteiger partial charge in [0.25, 0.3) is 0 Å². The van der Waals surface area contributed by atoms with Crippen LogP contribution in [0.15, 0.2) is 18.2 Å². The highest BCUT2D eigenvalue weighted by Crippen LogP contribution is 2.30. The maximum atomic E-state index is 14.0. The highest BCUT2D eigenvalue weighted by atomic mass is 19.1. The Bertz CT molecular complexity index is 503. The predicted molar refractivity (Wildman–Crippen MR) is 79.4 cm³/mol. The zero-order chi connectivity index (χ0) is 15.4. The molecule has 4 nitrogen and oxygen atoms in total. The molecule has 2 atom stereocenters. The molecule has 1 amide bonds. The van der Waals surface area contributed by atoms with E-state index in [1.165, 1.54) is 18.9 Å². The van der Waals surface area contributed by atoms with Gasteiger partial charge in [0.05, 0.1) is 12.6 Å². The fourth-order valence-electron chi connectivity index (χ4n) is 1.94. The number of halogens is 1. The Balaban J connectivity index is 1.95. The van der Waals surface area contributed by atoms with Crippen LogP contribution >= 0.6 is 0 Å². The molecule has 3 N–H and O–H groups in total. The number of rotatable bonds is 7. The van der Waals surface area contributed by atoms with Crippen LogP contribution in [0.3, 0.4) is 0 Å². The van der Waals surface area contributed by atoms with E-state index < -0.39 is 0 Å². The number of hydrogen-bond acceptors (Lipinski definition) is 3. The summed E-state index contributed by atoms with van der Waals surface area (Å²) in [5, 5.41) is 2.83. The smallest absolute Gasteiger partial charge is 0.224 e. The number of hydrogen-bond donors (Lipinski definition) is 2. The van der Waals surface area contributed by atoms with E-state index in [1.807, 2.05) is 6.92 Å². The maximum Gasteiger partial charge on any atom is 0.224 e. The Hall–Kier alpha value is -1.62. The van der Waals surface area contributed by atoms with Crippen molar-refractivity contribution in [3.8, 4) is 5.75 Å². The van der Waals surface area contributed by atoms with Crippen LogP contribution in [-0.2, 0) is 4.79 Å². The molecule has 0 aromatic heterocycles. The van der Waals surface area contributed by atoms with Crippen molar-refractivity contribution in [2.75, 3.05) is 13.2 Å². The topological polar surface area (TPSA) is 64.4 Å². The van der Waals surface area contributed by atoms with Crippen LogP contribution in [-0.4, -0.2) is 19.1 Å². The molecule has 0 heterocycles. The first kappa shape index (κ1) is 15.8. The largest absolute Gasteiger partial charge is 0.490 e. The molecular weight excluding hydrogens is 271 g/mol. The molecule has 1 saturated carbocycles. The van der Waals surface area contributed by atoms with E-state index in [1.54, 1.807) is 19.1 Å². The van der Waals surface area contributed by atoms with Gasteiger partial charge in [0, 0.05) is 12.5 Å². The highest BCUT2D eigenvalue weighted by molar-refractivity contribution is 5.78. The molecule has 5 heteroatoms. The molecule has 1 aromatic rings. The zero-order valence-electron chi connectivity index (χ0n) is 12.6. The van der Waals surface area contributed by atoms with Crippen molar-refractivity contribution < 1.29 is 13.9 Å². The Morgan fingerprint density at radius 2 is 2.19 bits per heavy atom. The summed E-state index contributed by atoms with van der Waals surface area (Å²) in [4.78, 5) is 11.8. The maximum absolute atomic E-state index is 14.0. The Morgan fingerprint density at radius 3 is 2.76 bits per heavy atom. The summed E-state index contributed by atoms with van der Waals surface area (Å²) in [6.07, 6.45) is 2.34. The molecule has 1 fully saturated rings. The zero-order valence-corrected chi connectivity index (χ0v) is 12.6. The fraction of sp³-hybridized carbons (Fsp3) is 0.562.